The van der Waals surface area contributed by atoms with E-state index in [1.165, 1.54) is 19.3 Å². The lowest BCUT2D eigenvalue weighted by Crippen LogP contribution is -2.33. The van der Waals surface area contributed by atoms with E-state index in [-0.39, 0.29) is 0 Å². The summed E-state index contributed by atoms with van der Waals surface area (Å²) in [5.74, 6) is 1.69. The van der Waals surface area contributed by atoms with Crippen LogP contribution in [0.15, 0.2) is 17.6 Å². The van der Waals surface area contributed by atoms with Crippen LogP contribution in [0.25, 0.3) is 11.2 Å². The molecule has 3 rings (SSSR count). The minimum atomic E-state index is 0.324. The quantitative estimate of drug-likeness (QED) is 0.629. The lowest BCUT2D eigenvalue weighted by atomic mass is 10.1. The average Bonchev–Trinajstić information content (AvgIpc) is 2.93. The van der Waals surface area contributed by atoms with Gasteiger partial charge in [-0.2, -0.15) is 0 Å². The van der Waals surface area contributed by atoms with E-state index in [9.17, 15) is 0 Å². The first-order chi connectivity index (χ1) is 10.2. The predicted octanol–water partition coefficient (Wildman–Crippen LogP) is 2.94. The van der Waals surface area contributed by atoms with E-state index in [1.807, 2.05) is 10.9 Å². The fourth-order valence-corrected chi connectivity index (χ4v) is 2.74. The third-order valence-corrected chi connectivity index (χ3v) is 3.98. The maximum atomic E-state index is 4.70. The molecule has 0 N–H and O–H groups in total. The van der Waals surface area contributed by atoms with Crippen molar-refractivity contribution in [1.82, 2.24) is 24.4 Å². The molecule has 0 unspecified atom stereocenters. The van der Waals surface area contributed by atoms with Crippen molar-refractivity contribution in [1.29, 1.82) is 0 Å². The molecule has 6 nitrogen and oxygen atoms in total. The molecule has 1 aliphatic heterocycles. The normalized spacial score (nSPS) is 17.0. The predicted molar refractivity (Wildman–Crippen MR) is 83.9 cm³/mol. The Morgan fingerprint density at radius 2 is 1.90 bits per heavy atom. The van der Waals surface area contributed by atoms with Gasteiger partial charge in [-0.1, -0.05) is 0 Å². The van der Waals surface area contributed by atoms with Crippen molar-refractivity contribution >= 4 is 22.8 Å². The number of amidine groups is 1. The lowest BCUT2D eigenvalue weighted by molar-refractivity contribution is 0.340. The molecular formula is C15H22N6. The molecule has 0 atom stereocenters. The molecule has 0 radical (unpaired) electrons. The summed E-state index contributed by atoms with van der Waals surface area (Å²) in [5.41, 5.74) is 1.63. The van der Waals surface area contributed by atoms with Crippen LogP contribution in [0.3, 0.4) is 0 Å². The van der Waals surface area contributed by atoms with Gasteiger partial charge in [-0.15, -0.1) is 0 Å². The van der Waals surface area contributed by atoms with Crippen LogP contribution in [-0.4, -0.2) is 43.3 Å². The number of imidazole rings is 1. The van der Waals surface area contributed by atoms with Gasteiger partial charge in [0.2, 0.25) is 0 Å². The molecule has 1 fully saturated rings. The maximum absolute atomic E-state index is 4.70. The van der Waals surface area contributed by atoms with Gasteiger partial charge in [0.05, 0.1) is 6.33 Å². The highest BCUT2D eigenvalue weighted by atomic mass is 15.2. The van der Waals surface area contributed by atoms with Gasteiger partial charge in [-0.05, 0) is 40.0 Å². The van der Waals surface area contributed by atoms with Gasteiger partial charge in [0.15, 0.2) is 17.0 Å². The van der Waals surface area contributed by atoms with Crippen molar-refractivity contribution in [3.8, 4) is 0 Å². The summed E-state index contributed by atoms with van der Waals surface area (Å²) in [5, 5.41) is 0. The van der Waals surface area contributed by atoms with Crippen LogP contribution < -0.4 is 0 Å². The van der Waals surface area contributed by atoms with Crippen LogP contribution in [0.5, 0.6) is 0 Å². The largest absolute Gasteiger partial charge is 0.360 e. The monoisotopic (exact) mass is 286 g/mol. The van der Waals surface area contributed by atoms with Crippen LogP contribution in [0, 0.1) is 0 Å². The Morgan fingerprint density at radius 1 is 1.14 bits per heavy atom. The Balaban J connectivity index is 1.96. The minimum Gasteiger partial charge on any atom is -0.360 e. The Morgan fingerprint density at radius 3 is 2.62 bits per heavy atom. The van der Waals surface area contributed by atoms with Crippen molar-refractivity contribution in [2.75, 3.05) is 13.1 Å². The molecule has 6 heteroatoms. The van der Waals surface area contributed by atoms with Crippen molar-refractivity contribution in [3.05, 3.63) is 12.7 Å². The first kappa shape index (κ1) is 14.0. The number of hydrogen-bond acceptors (Lipinski definition) is 4. The molecule has 3 heterocycles. The fraction of sp³-hybridized carbons (Fsp3) is 0.600. The van der Waals surface area contributed by atoms with E-state index in [0.717, 1.165) is 30.1 Å². The summed E-state index contributed by atoms with van der Waals surface area (Å²) in [6, 6.07) is 0.324. The smallest absolute Gasteiger partial charge is 0.185 e. The molecular weight excluding hydrogens is 264 g/mol. The molecule has 0 saturated carbocycles. The third kappa shape index (κ3) is 2.75. The van der Waals surface area contributed by atoms with E-state index < -0.39 is 0 Å². The molecule has 2 aromatic heterocycles. The second kappa shape index (κ2) is 5.79. The van der Waals surface area contributed by atoms with Crippen LogP contribution in [-0.2, 0) is 0 Å². The molecule has 1 saturated heterocycles. The number of rotatable bonds is 2. The molecule has 0 aliphatic carbocycles. The molecule has 1 aliphatic rings. The minimum absolute atomic E-state index is 0.324. The summed E-state index contributed by atoms with van der Waals surface area (Å²) < 4.78 is 2.05. The number of fused-ring (bicyclic) bond motifs is 1. The number of aromatic nitrogens is 4. The number of piperidine rings is 1. The Labute approximate surface area is 124 Å². The van der Waals surface area contributed by atoms with E-state index in [2.05, 4.69) is 40.6 Å². The van der Waals surface area contributed by atoms with Crippen molar-refractivity contribution < 1.29 is 0 Å². The van der Waals surface area contributed by atoms with E-state index in [1.54, 1.807) is 6.33 Å². The van der Waals surface area contributed by atoms with Gasteiger partial charge in [-0.3, -0.25) is 0 Å². The van der Waals surface area contributed by atoms with Crippen molar-refractivity contribution in [2.24, 2.45) is 4.99 Å². The van der Waals surface area contributed by atoms with E-state index in [0.29, 0.717) is 11.9 Å². The summed E-state index contributed by atoms with van der Waals surface area (Å²) in [7, 11) is 0. The second-order valence-electron chi connectivity index (χ2n) is 5.82. The molecule has 0 amide bonds. The van der Waals surface area contributed by atoms with Gasteiger partial charge in [0, 0.05) is 19.1 Å². The highest BCUT2D eigenvalue weighted by molar-refractivity contribution is 5.88. The SMILES string of the molecule is CC(=Nc1ncnc2c1ncn2C(C)C)N1CCCCC1. The first-order valence-corrected chi connectivity index (χ1v) is 7.64. The summed E-state index contributed by atoms with van der Waals surface area (Å²) in [6.07, 6.45) is 7.20. The number of hydrogen-bond donors (Lipinski definition) is 0. The first-order valence-electron chi connectivity index (χ1n) is 7.64. The van der Waals surface area contributed by atoms with Crippen LogP contribution in [0.2, 0.25) is 0 Å². The maximum Gasteiger partial charge on any atom is 0.185 e. The second-order valence-corrected chi connectivity index (χ2v) is 5.82. The summed E-state index contributed by atoms with van der Waals surface area (Å²) in [4.78, 5) is 20.1. The zero-order chi connectivity index (χ0) is 14.8. The van der Waals surface area contributed by atoms with Crippen molar-refractivity contribution in [3.63, 3.8) is 0 Å². The topological polar surface area (TPSA) is 59.2 Å². The molecule has 0 spiro atoms. The Bertz CT molecular complexity index is 651. The number of likely N-dealkylation sites (tertiary alicyclic amines) is 1. The number of nitrogens with zero attached hydrogens (tertiary/aromatic N) is 6. The molecule has 21 heavy (non-hydrogen) atoms. The van der Waals surface area contributed by atoms with Crippen LogP contribution in [0.4, 0.5) is 5.82 Å². The standard InChI is InChI=1S/C15H22N6/c1-11(2)21-10-18-13-14(16-9-17-15(13)21)19-12(3)20-7-5-4-6-8-20/h9-11H,4-8H2,1-3H3. The summed E-state index contributed by atoms with van der Waals surface area (Å²) in [6.45, 7) is 8.46. The van der Waals surface area contributed by atoms with Gasteiger partial charge < -0.3 is 9.47 Å². The average molecular weight is 286 g/mol. The zero-order valence-electron chi connectivity index (χ0n) is 13.0. The summed E-state index contributed by atoms with van der Waals surface area (Å²) >= 11 is 0. The fourth-order valence-electron chi connectivity index (χ4n) is 2.74. The molecule has 112 valence electrons. The van der Waals surface area contributed by atoms with E-state index in [4.69, 9.17) is 4.99 Å². The Kier molecular flexibility index (Phi) is 3.86. The number of aliphatic imine (C=N–C) groups is 1. The highest BCUT2D eigenvalue weighted by Crippen LogP contribution is 2.23. The zero-order valence-corrected chi connectivity index (χ0v) is 13.0. The van der Waals surface area contributed by atoms with Gasteiger partial charge in [0.1, 0.15) is 12.2 Å². The molecule has 0 bridgehead atoms. The van der Waals surface area contributed by atoms with Gasteiger partial charge in [-0.25, -0.2) is 19.9 Å². The van der Waals surface area contributed by atoms with Crippen molar-refractivity contribution in [2.45, 2.75) is 46.1 Å². The van der Waals surface area contributed by atoms with Gasteiger partial charge in [0.25, 0.3) is 0 Å². The lowest BCUT2D eigenvalue weighted by Gasteiger charge is -2.28. The third-order valence-electron chi connectivity index (χ3n) is 3.98. The van der Waals surface area contributed by atoms with Crippen LogP contribution in [0.1, 0.15) is 46.1 Å². The molecule has 0 aromatic carbocycles. The van der Waals surface area contributed by atoms with E-state index >= 15 is 0 Å². The molecule has 2 aromatic rings. The van der Waals surface area contributed by atoms with Crippen LogP contribution >= 0.6 is 0 Å². The van der Waals surface area contributed by atoms with Gasteiger partial charge >= 0.3 is 0 Å². The highest BCUT2D eigenvalue weighted by Gasteiger charge is 2.14. The Hall–Kier alpha value is -1.98.